The normalized spacial score (nSPS) is 17.2. The molecule has 1 aromatic carbocycles. The Morgan fingerprint density at radius 2 is 1.38 bits per heavy atom. The number of hydrogen-bond acceptors (Lipinski definition) is 6. The van der Waals surface area contributed by atoms with Crippen LogP contribution in [-0.4, -0.2) is 104 Å². The van der Waals surface area contributed by atoms with E-state index in [2.05, 4.69) is 0 Å². The number of amides is 3. The van der Waals surface area contributed by atoms with Crippen molar-refractivity contribution in [2.24, 2.45) is 0 Å². The molecule has 0 unspecified atom stereocenters. The predicted molar refractivity (Wildman–Crippen MR) is 110 cm³/mol. The average molecular weight is 422 g/mol. The first kappa shape index (κ1) is 21.4. The van der Waals surface area contributed by atoms with Gasteiger partial charge >= 0.3 is 0 Å². The molecule has 0 aromatic heterocycles. The highest BCUT2D eigenvalue weighted by atomic mass is 32.2. The highest BCUT2D eigenvalue weighted by Crippen LogP contribution is 2.15. The Bertz CT molecular complexity index is 713. The number of benzene rings is 1. The maximum atomic E-state index is 12.6. The first-order valence-electron chi connectivity index (χ1n) is 9.73. The van der Waals surface area contributed by atoms with Gasteiger partial charge in [-0.25, -0.2) is 0 Å². The predicted octanol–water partition coefficient (Wildman–Crippen LogP) is 0.572. The van der Waals surface area contributed by atoms with E-state index in [-0.39, 0.29) is 23.5 Å². The third-order valence-electron chi connectivity index (χ3n) is 5.07. The molecule has 0 aliphatic carbocycles. The Labute approximate surface area is 175 Å². The van der Waals surface area contributed by atoms with Crippen molar-refractivity contribution in [2.45, 2.75) is 0 Å². The molecule has 0 atom stereocenters. The number of hydrogen-bond donors (Lipinski definition) is 0. The van der Waals surface area contributed by atoms with Crippen LogP contribution in [0.3, 0.4) is 0 Å². The lowest BCUT2D eigenvalue weighted by molar-refractivity contribution is -0.132. The topological polar surface area (TPSA) is 79.4 Å². The molecule has 1 aromatic rings. The van der Waals surface area contributed by atoms with Gasteiger partial charge in [0.15, 0.2) is 0 Å². The Morgan fingerprint density at radius 1 is 0.862 bits per heavy atom. The van der Waals surface area contributed by atoms with E-state index in [4.69, 9.17) is 9.47 Å². The summed E-state index contributed by atoms with van der Waals surface area (Å²) < 4.78 is 10.4. The van der Waals surface area contributed by atoms with Crippen LogP contribution < -0.4 is 4.74 Å². The van der Waals surface area contributed by atoms with Gasteiger partial charge in [0.25, 0.3) is 5.91 Å². The number of carbonyl (C=O) groups is 3. The monoisotopic (exact) mass is 421 g/mol. The van der Waals surface area contributed by atoms with Crippen molar-refractivity contribution in [3.8, 4) is 5.75 Å². The molecule has 2 aliphatic rings. The van der Waals surface area contributed by atoms with Gasteiger partial charge in [0.1, 0.15) is 5.75 Å². The summed E-state index contributed by atoms with van der Waals surface area (Å²) in [6.07, 6.45) is 0. The molecule has 2 aliphatic heterocycles. The zero-order valence-electron chi connectivity index (χ0n) is 16.7. The minimum absolute atomic E-state index is 0.0151. The lowest BCUT2D eigenvalue weighted by atomic mass is 10.1. The second-order valence-electron chi connectivity index (χ2n) is 6.89. The molecule has 0 radical (unpaired) electrons. The summed E-state index contributed by atoms with van der Waals surface area (Å²) in [6, 6.07) is 7.03. The summed E-state index contributed by atoms with van der Waals surface area (Å²) in [5, 5.41) is 0. The largest absolute Gasteiger partial charge is 0.497 e. The Morgan fingerprint density at radius 3 is 1.93 bits per heavy atom. The molecule has 2 fully saturated rings. The lowest BCUT2D eigenvalue weighted by Gasteiger charge is -2.35. The van der Waals surface area contributed by atoms with Crippen LogP contribution >= 0.6 is 11.8 Å². The third kappa shape index (κ3) is 5.86. The highest BCUT2D eigenvalue weighted by Gasteiger charge is 2.25. The Balaban J connectivity index is 1.38. The van der Waals surface area contributed by atoms with Crippen molar-refractivity contribution >= 4 is 29.5 Å². The molecule has 3 amide bonds. The molecular weight excluding hydrogens is 394 g/mol. The molecule has 2 heterocycles. The number of carbonyl (C=O) groups excluding carboxylic acids is 3. The quantitative estimate of drug-likeness (QED) is 0.668. The molecule has 0 saturated carbocycles. The van der Waals surface area contributed by atoms with Gasteiger partial charge in [-0.2, -0.15) is 0 Å². The molecule has 8 nitrogen and oxygen atoms in total. The van der Waals surface area contributed by atoms with Gasteiger partial charge in [-0.1, -0.05) is 0 Å². The zero-order valence-corrected chi connectivity index (χ0v) is 17.5. The van der Waals surface area contributed by atoms with Gasteiger partial charge in [0, 0.05) is 44.8 Å². The molecule has 3 rings (SSSR count). The number of ether oxygens (including phenoxy) is 2. The summed E-state index contributed by atoms with van der Waals surface area (Å²) in [5.74, 6) is 1.33. The molecule has 9 heteroatoms. The van der Waals surface area contributed by atoms with Crippen LogP contribution in [0.1, 0.15) is 10.4 Å². The van der Waals surface area contributed by atoms with E-state index in [0.717, 1.165) is 0 Å². The first-order chi connectivity index (χ1) is 14.1. The first-order valence-corrected chi connectivity index (χ1v) is 10.9. The van der Waals surface area contributed by atoms with Gasteiger partial charge in [-0.05, 0) is 24.3 Å². The molecule has 0 bridgehead atoms. The van der Waals surface area contributed by atoms with Gasteiger partial charge < -0.3 is 24.2 Å². The molecule has 0 spiro atoms. The zero-order chi connectivity index (χ0) is 20.6. The summed E-state index contributed by atoms with van der Waals surface area (Å²) in [7, 11) is 1.59. The van der Waals surface area contributed by atoms with E-state index in [1.807, 2.05) is 0 Å². The molecule has 0 N–H and O–H groups in total. The van der Waals surface area contributed by atoms with Crippen LogP contribution in [0.5, 0.6) is 5.75 Å². The minimum atomic E-state index is -0.0368. The smallest absolute Gasteiger partial charge is 0.253 e. The maximum Gasteiger partial charge on any atom is 0.253 e. The van der Waals surface area contributed by atoms with Gasteiger partial charge in [-0.3, -0.25) is 14.4 Å². The van der Waals surface area contributed by atoms with Crippen LogP contribution in [0.4, 0.5) is 0 Å². The van der Waals surface area contributed by atoms with Crippen LogP contribution in [-0.2, 0) is 14.3 Å². The average Bonchev–Trinajstić information content (AvgIpc) is 2.79. The van der Waals surface area contributed by atoms with E-state index in [1.54, 1.807) is 46.1 Å². The minimum Gasteiger partial charge on any atom is -0.497 e. The summed E-state index contributed by atoms with van der Waals surface area (Å²) in [5.41, 5.74) is 0.614. The molecule has 2 saturated heterocycles. The van der Waals surface area contributed by atoms with Crippen molar-refractivity contribution in [1.82, 2.24) is 14.7 Å². The molecule has 29 heavy (non-hydrogen) atoms. The van der Waals surface area contributed by atoms with Crippen molar-refractivity contribution in [3.63, 3.8) is 0 Å². The maximum absolute atomic E-state index is 12.6. The van der Waals surface area contributed by atoms with Crippen LogP contribution in [0.25, 0.3) is 0 Å². The number of rotatable bonds is 6. The molecule has 158 valence electrons. The Kier molecular flexibility index (Phi) is 7.76. The van der Waals surface area contributed by atoms with Crippen molar-refractivity contribution < 1.29 is 23.9 Å². The fourth-order valence-electron chi connectivity index (χ4n) is 3.30. The van der Waals surface area contributed by atoms with Crippen LogP contribution in [0.2, 0.25) is 0 Å². The van der Waals surface area contributed by atoms with Crippen LogP contribution in [0.15, 0.2) is 24.3 Å². The number of piperazine rings is 1. The number of methoxy groups -OCH3 is 1. The van der Waals surface area contributed by atoms with Crippen molar-refractivity contribution in [3.05, 3.63) is 29.8 Å². The lowest BCUT2D eigenvalue weighted by Crippen LogP contribution is -2.51. The number of nitrogens with zero attached hydrogens (tertiary/aromatic N) is 3. The van der Waals surface area contributed by atoms with Gasteiger partial charge in [0.05, 0.1) is 31.8 Å². The summed E-state index contributed by atoms with van der Waals surface area (Å²) >= 11 is 1.35. The van der Waals surface area contributed by atoms with E-state index >= 15 is 0 Å². The SMILES string of the molecule is COc1ccc(C(=O)N2CCN(C(=O)CSCC(=O)N3CCOCC3)CC2)cc1. The molecular formula is C20H27N3O5S. The fourth-order valence-corrected chi connectivity index (χ4v) is 4.11. The highest BCUT2D eigenvalue weighted by molar-refractivity contribution is 8.00. The number of thioether (sulfide) groups is 1. The number of morpholine rings is 1. The van der Waals surface area contributed by atoms with E-state index < -0.39 is 0 Å². The fraction of sp³-hybridized carbons (Fsp3) is 0.550. The third-order valence-corrected chi connectivity index (χ3v) is 5.97. The van der Waals surface area contributed by atoms with Crippen molar-refractivity contribution in [1.29, 1.82) is 0 Å². The van der Waals surface area contributed by atoms with E-state index in [1.165, 1.54) is 11.8 Å². The van der Waals surface area contributed by atoms with Gasteiger partial charge in [0.2, 0.25) is 11.8 Å². The standard InChI is InChI=1S/C20H27N3O5S/c1-27-17-4-2-16(3-5-17)20(26)23-8-6-21(7-9-23)18(24)14-29-15-19(25)22-10-12-28-13-11-22/h2-5H,6-15H2,1H3. The van der Waals surface area contributed by atoms with Gasteiger partial charge in [-0.15, -0.1) is 11.8 Å². The van der Waals surface area contributed by atoms with E-state index in [0.29, 0.717) is 69.5 Å². The van der Waals surface area contributed by atoms with E-state index in [9.17, 15) is 14.4 Å². The second-order valence-corrected chi connectivity index (χ2v) is 7.87. The summed E-state index contributed by atoms with van der Waals surface area (Å²) in [6.45, 7) is 4.44. The summed E-state index contributed by atoms with van der Waals surface area (Å²) in [4.78, 5) is 42.5. The second kappa shape index (κ2) is 10.5. The Hall–Kier alpha value is -2.26. The van der Waals surface area contributed by atoms with Crippen LogP contribution in [0, 0.1) is 0 Å². The van der Waals surface area contributed by atoms with Crippen molar-refractivity contribution in [2.75, 3.05) is 71.1 Å².